The maximum atomic E-state index is 5.92. The first-order valence-corrected chi connectivity index (χ1v) is 8.23. The molecule has 0 aliphatic heterocycles. The zero-order valence-electron chi connectivity index (χ0n) is 11.5. The summed E-state index contributed by atoms with van der Waals surface area (Å²) in [5.74, 6) is 1.11. The van der Waals surface area contributed by atoms with Crippen molar-refractivity contribution in [3.63, 3.8) is 0 Å². The molecule has 20 heavy (non-hydrogen) atoms. The van der Waals surface area contributed by atoms with Crippen molar-refractivity contribution in [2.45, 2.75) is 31.3 Å². The summed E-state index contributed by atoms with van der Waals surface area (Å²) in [5.41, 5.74) is 2.52. The van der Waals surface area contributed by atoms with E-state index in [-0.39, 0.29) is 0 Å². The summed E-state index contributed by atoms with van der Waals surface area (Å²) in [7, 11) is 0. The van der Waals surface area contributed by atoms with E-state index in [1.807, 2.05) is 36.5 Å². The van der Waals surface area contributed by atoms with E-state index >= 15 is 0 Å². The van der Waals surface area contributed by atoms with Gasteiger partial charge in [0.2, 0.25) is 0 Å². The van der Waals surface area contributed by atoms with Crippen molar-refractivity contribution < 1.29 is 0 Å². The molecule has 1 aliphatic carbocycles. The first-order valence-electron chi connectivity index (χ1n) is 6.86. The lowest BCUT2D eigenvalue weighted by Crippen LogP contribution is -2.28. The number of hydrogen-bond acceptors (Lipinski definition) is 3. The van der Waals surface area contributed by atoms with Crippen molar-refractivity contribution in [1.82, 2.24) is 9.97 Å². The highest BCUT2D eigenvalue weighted by Gasteiger charge is 2.31. The van der Waals surface area contributed by atoms with Crippen LogP contribution in [0.1, 0.15) is 26.2 Å². The molecule has 1 aliphatic rings. The molecule has 4 heteroatoms. The Kier molecular flexibility index (Phi) is 3.99. The summed E-state index contributed by atoms with van der Waals surface area (Å²) < 4.78 is 0. The maximum Gasteiger partial charge on any atom is 0.188 e. The molecule has 0 radical (unpaired) electrons. The van der Waals surface area contributed by atoms with Crippen LogP contribution in [0.2, 0.25) is 5.02 Å². The zero-order chi connectivity index (χ0) is 14.0. The topological polar surface area (TPSA) is 25.8 Å². The molecule has 1 heterocycles. The zero-order valence-corrected chi connectivity index (χ0v) is 13.0. The van der Waals surface area contributed by atoms with Gasteiger partial charge in [0.25, 0.3) is 0 Å². The van der Waals surface area contributed by atoms with Crippen LogP contribution >= 0.6 is 23.4 Å². The lowest BCUT2D eigenvalue weighted by Gasteiger charge is -2.37. The molecule has 0 amide bonds. The maximum absolute atomic E-state index is 5.92. The van der Waals surface area contributed by atoms with Crippen molar-refractivity contribution >= 4 is 23.4 Å². The fourth-order valence-corrected chi connectivity index (χ4v) is 3.55. The lowest BCUT2D eigenvalue weighted by atomic mass is 9.72. The van der Waals surface area contributed by atoms with E-state index in [9.17, 15) is 0 Å². The molecule has 1 aromatic heterocycles. The van der Waals surface area contributed by atoms with Crippen molar-refractivity contribution in [2.75, 3.05) is 5.75 Å². The predicted molar refractivity (Wildman–Crippen MR) is 85.2 cm³/mol. The predicted octanol–water partition coefficient (Wildman–Crippen LogP) is 5.08. The Morgan fingerprint density at radius 3 is 2.60 bits per heavy atom. The van der Waals surface area contributed by atoms with Crippen molar-refractivity contribution in [3.05, 3.63) is 41.6 Å². The fourth-order valence-electron chi connectivity index (χ4n) is 2.36. The molecule has 1 aromatic carbocycles. The summed E-state index contributed by atoms with van der Waals surface area (Å²) in [6.45, 7) is 2.35. The molecule has 3 rings (SSSR count). The van der Waals surface area contributed by atoms with Gasteiger partial charge in [-0.3, -0.25) is 0 Å². The molecular formula is C16H17ClN2S. The summed E-state index contributed by atoms with van der Waals surface area (Å²) in [6.07, 6.45) is 5.86. The number of rotatable bonds is 4. The quantitative estimate of drug-likeness (QED) is 0.582. The third-order valence-corrected chi connectivity index (χ3v) is 5.43. The van der Waals surface area contributed by atoms with Crippen LogP contribution in [-0.4, -0.2) is 15.7 Å². The Morgan fingerprint density at radius 1 is 1.20 bits per heavy atom. The van der Waals surface area contributed by atoms with Gasteiger partial charge < -0.3 is 0 Å². The summed E-state index contributed by atoms with van der Waals surface area (Å²) in [5, 5.41) is 1.61. The molecule has 1 fully saturated rings. The molecule has 104 valence electrons. The van der Waals surface area contributed by atoms with Crippen molar-refractivity contribution in [2.24, 2.45) is 5.41 Å². The van der Waals surface area contributed by atoms with Crippen LogP contribution in [0.15, 0.2) is 41.7 Å². The van der Waals surface area contributed by atoms with Crippen LogP contribution in [0, 0.1) is 5.41 Å². The molecule has 0 saturated heterocycles. The number of thioether (sulfide) groups is 1. The number of hydrogen-bond donors (Lipinski definition) is 0. The van der Waals surface area contributed by atoms with Crippen LogP contribution in [0.3, 0.4) is 0 Å². The second kappa shape index (κ2) is 5.74. The Labute approximate surface area is 129 Å². The minimum Gasteiger partial charge on any atom is -0.231 e. The van der Waals surface area contributed by atoms with Crippen LogP contribution in [0.5, 0.6) is 0 Å². The monoisotopic (exact) mass is 304 g/mol. The standard InChI is InChI=1S/C16H17ClN2S/c1-16(8-2-9-16)11-20-15-18-10-7-14(19-15)12-3-5-13(17)6-4-12/h3-7,10H,2,8-9,11H2,1H3. The molecule has 0 bridgehead atoms. The Bertz CT molecular complexity index is 594. The smallest absolute Gasteiger partial charge is 0.188 e. The first kappa shape index (κ1) is 13.9. The van der Waals surface area contributed by atoms with E-state index in [0.29, 0.717) is 5.41 Å². The van der Waals surface area contributed by atoms with E-state index in [2.05, 4.69) is 16.9 Å². The van der Waals surface area contributed by atoms with Gasteiger partial charge in [-0.1, -0.05) is 48.8 Å². The number of benzene rings is 1. The molecular weight excluding hydrogens is 288 g/mol. The molecule has 2 aromatic rings. The fraction of sp³-hybridized carbons (Fsp3) is 0.375. The van der Waals surface area contributed by atoms with Crippen LogP contribution in [0.4, 0.5) is 0 Å². The third-order valence-electron chi connectivity index (χ3n) is 3.88. The van der Waals surface area contributed by atoms with E-state index in [1.54, 1.807) is 11.8 Å². The summed E-state index contributed by atoms with van der Waals surface area (Å²) >= 11 is 7.68. The highest BCUT2D eigenvalue weighted by molar-refractivity contribution is 7.99. The molecule has 0 atom stereocenters. The van der Waals surface area contributed by atoms with E-state index in [1.165, 1.54) is 19.3 Å². The molecule has 0 unspecified atom stereocenters. The Balaban J connectivity index is 1.73. The lowest BCUT2D eigenvalue weighted by molar-refractivity contribution is 0.197. The van der Waals surface area contributed by atoms with Gasteiger partial charge in [-0.15, -0.1) is 0 Å². The molecule has 1 saturated carbocycles. The summed E-state index contributed by atoms with van der Waals surface area (Å²) in [6, 6.07) is 9.71. The normalized spacial score (nSPS) is 16.7. The van der Waals surface area contributed by atoms with Gasteiger partial charge >= 0.3 is 0 Å². The van der Waals surface area contributed by atoms with Gasteiger partial charge in [0.15, 0.2) is 5.16 Å². The van der Waals surface area contributed by atoms with Crippen LogP contribution in [0.25, 0.3) is 11.3 Å². The SMILES string of the molecule is CC1(CSc2nccc(-c3ccc(Cl)cc3)n2)CCC1. The summed E-state index contributed by atoms with van der Waals surface area (Å²) in [4.78, 5) is 9.01. The van der Waals surface area contributed by atoms with Crippen molar-refractivity contribution in [1.29, 1.82) is 0 Å². The van der Waals surface area contributed by atoms with E-state index in [0.717, 1.165) is 27.2 Å². The minimum absolute atomic E-state index is 0.490. The van der Waals surface area contributed by atoms with Gasteiger partial charge in [-0.05, 0) is 36.5 Å². The van der Waals surface area contributed by atoms with Gasteiger partial charge in [0.1, 0.15) is 0 Å². The molecule has 2 nitrogen and oxygen atoms in total. The van der Waals surface area contributed by atoms with Crippen LogP contribution in [-0.2, 0) is 0 Å². The molecule has 0 N–H and O–H groups in total. The minimum atomic E-state index is 0.490. The van der Waals surface area contributed by atoms with E-state index in [4.69, 9.17) is 11.6 Å². The Hall–Kier alpha value is -1.06. The molecule has 0 spiro atoms. The first-order chi connectivity index (χ1) is 9.65. The Morgan fingerprint density at radius 2 is 1.95 bits per heavy atom. The van der Waals surface area contributed by atoms with Crippen molar-refractivity contribution in [3.8, 4) is 11.3 Å². The van der Waals surface area contributed by atoms with Gasteiger partial charge in [0.05, 0.1) is 5.69 Å². The average Bonchev–Trinajstić information content (AvgIpc) is 2.44. The van der Waals surface area contributed by atoms with E-state index < -0.39 is 0 Å². The third kappa shape index (κ3) is 3.15. The number of nitrogens with zero attached hydrogens (tertiary/aromatic N) is 2. The largest absolute Gasteiger partial charge is 0.231 e. The van der Waals surface area contributed by atoms with Gasteiger partial charge in [-0.2, -0.15) is 0 Å². The highest BCUT2D eigenvalue weighted by atomic mass is 35.5. The second-order valence-electron chi connectivity index (χ2n) is 5.68. The number of halogens is 1. The number of aromatic nitrogens is 2. The average molecular weight is 305 g/mol. The highest BCUT2D eigenvalue weighted by Crippen LogP contribution is 2.43. The second-order valence-corrected chi connectivity index (χ2v) is 7.06. The van der Waals surface area contributed by atoms with Crippen LogP contribution < -0.4 is 0 Å². The van der Waals surface area contributed by atoms with Gasteiger partial charge in [-0.25, -0.2) is 9.97 Å². The van der Waals surface area contributed by atoms with Gasteiger partial charge in [0, 0.05) is 22.5 Å².